The molecule has 0 saturated carbocycles. The SMILES string of the molecule is Cc1ccnc(NC(=O)c2cc3c(C)nn(-c4ccc(F)cc4)c3s2)c1. The summed E-state index contributed by atoms with van der Waals surface area (Å²) in [7, 11) is 0. The zero-order valence-corrected chi connectivity index (χ0v) is 15.0. The van der Waals surface area contributed by atoms with Crippen molar-refractivity contribution in [1.29, 1.82) is 0 Å². The van der Waals surface area contributed by atoms with Crippen molar-refractivity contribution in [2.45, 2.75) is 13.8 Å². The molecule has 1 amide bonds. The summed E-state index contributed by atoms with van der Waals surface area (Å²) in [6.45, 7) is 3.83. The van der Waals surface area contributed by atoms with Crippen LogP contribution in [-0.2, 0) is 0 Å². The lowest BCUT2D eigenvalue weighted by Gasteiger charge is -2.03. The maximum absolute atomic E-state index is 13.2. The molecule has 0 fully saturated rings. The summed E-state index contributed by atoms with van der Waals surface area (Å²) in [5.41, 5.74) is 2.58. The molecule has 0 unspecified atom stereocenters. The zero-order valence-electron chi connectivity index (χ0n) is 14.2. The first kappa shape index (κ1) is 16.4. The zero-order chi connectivity index (χ0) is 18.3. The predicted octanol–water partition coefficient (Wildman–Crippen LogP) is 4.49. The van der Waals surface area contributed by atoms with E-state index >= 15 is 0 Å². The van der Waals surface area contributed by atoms with E-state index in [0.29, 0.717) is 10.7 Å². The molecule has 0 atom stereocenters. The molecule has 4 aromatic rings. The summed E-state index contributed by atoms with van der Waals surface area (Å²) in [5.74, 6) is 0.00414. The summed E-state index contributed by atoms with van der Waals surface area (Å²) >= 11 is 1.34. The van der Waals surface area contributed by atoms with Crippen LogP contribution >= 0.6 is 11.3 Å². The van der Waals surface area contributed by atoms with E-state index in [1.54, 1.807) is 23.0 Å². The van der Waals surface area contributed by atoms with E-state index in [0.717, 1.165) is 27.2 Å². The molecule has 0 bridgehead atoms. The standard InChI is InChI=1S/C19H15FN4OS/c1-11-7-8-21-17(9-11)22-18(25)16-10-15-12(2)23-24(19(15)26-16)14-5-3-13(20)4-6-14/h3-10H,1-2H3,(H,21,22,25). The highest BCUT2D eigenvalue weighted by Gasteiger charge is 2.17. The highest BCUT2D eigenvalue weighted by atomic mass is 32.1. The van der Waals surface area contributed by atoms with Gasteiger partial charge in [-0.25, -0.2) is 14.1 Å². The van der Waals surface area contributed by atoms with Crippen molar-refractivity contribution in [2.75, 3.05) is 5.32 Å². The number of halogens is 1. The Bertz CT molecular complexity index is 1110. The number of nitrogens with one attached hydrogen (secondary N) is 1. The molecule has 3 aromatic heterocycles. The van der Waals surface area contributed by atoms with Crippen LogP contribution < -0.4 is 5.32 Å². The van der Waals surface area contributed by atoms with Crippen molar-refractivity contribution in [3.63, 3.8) is 0 Å². The van der Waals surface area contributed by atoms with Gasteiger partial charge in [-0.1, -0.05) is 0 Å². The van der Waals surface area contributed by atoms with Gasteiger partial charge in [-0.15, -0.1) is 11.3 Å². The number of anilines is 1. The van der Waals surface area contributed by atoms with Crippen LogP contribution in [0.2, 0.25) is 0 Å². The Hall–Kier alpha value is -3.06. The molecule has 7 heteroatoms. The summed E-state index contributed by atoms with van der Waals surface area (Å²) < 4.78 is 14.9. The minimum Gasteiger partial charge on any atom is -0.306 e. The second-order valence-electron chi connectivity index (χ2n) is 5.98. The van der Waals surface area contributed by atoms with E-state index in [-0.39, 0.29) is 11.7 Å². The van der Waals surface area contributed by atoms with Gasteiger partial charge in [0.05, 0.1) is 16.3 Å². The van der Waals surface area contributed by atoms with E-state index in [9.17, 15) is 9.18 Å². The number of carbonyl (C=O) groups excluding carboxylic acids is 1. The van der Waals surface area contributed by atoms with Gasteiger partial charge in [0.25, 0.3) is 5.91 Å². The van der Waals surface area contributed by atoms with Gasteiger partial charge in [0.2, 0.25) is 0 Å². The van der Waals surface area contributed by atoms with Gasteiger partial charge in [0.1, 0.15) is 16.5 Å². The molecule has 0 aliphatic heterocycles. The van der Waals surface area contributed by atoms with Gasteiger partial charge in [0, 0.05) is 11.6 Å². The van der Waals surface area contributed by atoms with Crippen LogP contribution in [0.15, 0.2) is 48.7 Å². The molecule has 4 rings (SSSR count). The lowest BCUT2D eigenvalue weighted by atomic mass is 10.3. The number of carbonyl (C=O) groups is 1. The number of aromatic nitrogens is 3. The van der Waals surface area contributed by atoms with Crippen molar-refractivity contribution < 1.29 is 9.18 Å². The summed E-state index contributed by atoms with van der Waals surface area (Å²) in [6, 6.07) is 11.6. The van der Waals surface area contributed by atoms with Crippen LogP contribution in [-0.4, -0.2) is 20.7 Å². The number of fused-ring (bicyclic) bond motifs is 1. The number of pyridine rings is 1. The number of amides is 1. The molecule has 0 radical (unpaired) electrons. The van der Waals surface area contributed by atoms with Gasteiger partial charge < -0.3 is 5.32 Å². The topological polar surface area (TPSA) is 59.8 Å². The first-order valence-electron chi connectivity index (χ1n) is 8.00. The van der Waals surface area contributed by atoms with Crippen molar-refractivity contribution in [2.24, 2.45) is 0 Å². The fourth-order valence-electron chi connectivity index (χ4n) is 2.70. The molecule has 5 nitrogen and oxygen atoms in total. The van der Waals surface area contributed by atoms with Crippen molar-refractivity contribution in [1.82, 2.24) is 14.8 Å². The minimum atomic E-state index is -0.300. The van der Waals surface area contributed by atoms with Crippen molar-refractivity contribution >= 4 is 33.3 Å². The van der Waals surface area contributed by atoms with E-state index < -0.39 is 0 Å². The first-order valence-corrected chi connectivity index (χ1v) is 8.82. The molecule has 1 N–H and O–H groups in total. The highest BCUT2D eigenvalue weighted by Crippen LogP contribution is 2.30. The number of aryl methyl sites for hydroxylation is 2. The smallest absolute Gasteiger partial charge is 0.266 e. The van der Waals surface area contributed by atoms with Crippen LogP contribution in [0.25, 0.3) is 15.9 Å². The van der Waals surface area contributed by atoms with Crippen molar-refractivity contribution in [3.8, 4) is 5.69 Å². The third-order valence-electron chi connectivity index (χ3n) is 4.00. The van der Waals surface area contributed by atoms with Crippen LogP contribution in [0.3, 0.4) is 0 Å². The van der Waals surface area contributed by atoms with Gasteiger partial charge in [-0.05, 0) is 61.9 Å². The van der Waals surface area contributed by atoms with Crippen LogP contribution in [0.4, 0.5) is 10.2 Å². The first-order chi connectivity index (χ1) is 12.5. The largest absolute Gasteiger partial charge is 0.306 e. The van der Waals surface area contributed by atoms with E-state index in [1.807, 2.05) is 32.0 Å². The molecular weight excluding hydrogens is 351 g/mol. The second-order valence-corrected chi connectivity index (χ2v) is 7.01. The predicted molar refractivity (Wildman–Crippen MR) is 101 cm³/mol. The Kier molecular flexibility index (Phi) is 4.00. The van der Waals surface area contributed by atoms with Crippen LogP contribution in [0.5, 0.6) is 0 Å². The van der Waals surface area contributed by atoms with Gasteiger partial charge in [-0.2, -0.15) is 5.10 Å². The third-order valence-corrected chi connectivity index (χ3v) is 5.11. The molecule has 0 aliphatic carbocycles. The Labute approximate surface area is 153 Å². The Morgan fingerprint density at radius 3 is 2.65 bits per heavy atom. The highest BCUT2D eigenvalue weighted by molar-refractivity contribution is 7.20. The molecular formula is C19H15FN4OS. The molecule has 26 heavy (non-hydrogen) atoms. The average molecular weight is 366 g/mol. The molecule has 130 valence electrons. The number of rotatable bonds is 3. The summed E-state index contributed by atoms with van der Waals surface area (Å²) in [5, 5.41) is 8.23. The Morgan fingerprint density at radius 1 is 1.15 bits per heavy atom. The van der Waals surface area contributed by atoms with Crippen molar-refractivity contribution in [3.05, 3.63) is 70.6 Å². The minimum absolute atomic E-state index is 0.214. The number of hydrogen-bond acceptors (Lipinski definition) is 4. The Balaban J connectivity index is 1.70. The lowest BCUT2D eigenvalue weighted by molar-refractivity contribution is 0.103. The summed E-state index contributed by atoms with van der Waals surface area (Å²) in [6.07, 6.45) is 1.66. The monoisotopic (exact) mass is 366 g/mol. The molecule has 1 aromatic carbocycles. The van der Waals surface area contributed by atoms with Crippen LogP contribution in [0.1, 0.15) is 20.9 Å². The van der Waals surface area contributed by atoms with E-state index in [4.69, 9.17) is 0 Å². The maximum atomic E-state index is 13.2. The number of nitrogens with zero attached hydrogens (tertiary/aromatic N) is 3. The average Bonchev–Trinajstić information content (AvgIpc) is 3.17. The number of hydrogen-bond donors (Lipinski definition) is 1. The molecule has 0 aliphatic rings. The lowest BCUT2D eigenvalue weighted by Crippen LogP contribution is -2.11. The number of thiophene rings is 1. The number of benzene rings is 1. The fraction of sp³-hybridized carbons (Fsp3) is 0.105. The normalized spacial score (nSPS) is 11.0. The van der Waals surface area contributed by atoms with Gasteiger partial charge in [-0.3, -0.25) is 4.79 Å². The summed E-state index contributed by atoms with van der Waals surface area (Å²) in [4.78, 5) is 18.1. The van der Waals surface area contributed by atoms with Gasteiger partial charge >= 0.3 is 0 Å². The second kappa shape index (κ2) is 6.34. The van der Waals surface area contributed by atoms with E-state index in [1.165, 1.54) is 23.5 Å². The fourth-order valence-corrected chi connectivity index (χ4v) is 3.78. The Morgan fingerprint density at radius 2 is 1.92 bits per heavy atom. The van der Waals surface area contributed by atoms with Gasteiger partial charge in [0.15, 0.2) is 0 Å². The molecule has 3 heterocycles. The third kappa shape index (κ3) is 2.97. The molecule has 0 spiro atoms. The maximum Gasteiger partial charge on any atom is 0.266 e. The quantitative estimate of drug-likeness (QED) is 0.581. The van der Waals surface area contributed by atoms with Crippen LogP contribution in [0, 0.1) is 19.7 Å². The van der Waals surface area contributed by atoms with E-state index in [2.05, 4.69) is 15.4 Å². The molecule has 0 saturated heterocycles.